The number of aliphatic hydroxyl groups is 1. The number of rotatable bonds is 4. The molecular formula is C9H17N5O. The third kappa shape index (κ3) is 3.26. The number of H-pyrrole nitrogens is 1. The maximum Gasteiger partial charge on any atom is 0.152 e. The summed E-state index contributed by atoms with van der Waals surface area (Å²) in [7, 11) is 0. The van der Waals surface area contributed by atoms with Crippen molar-refractivity contribution < 1.29 is 5.11 Å². The summed E-state index contributed by atoms with van der Waals surface area (Å²) in [5.41, 5.74) is 0. The molecule has 15 heavy (non-hydrogen) atoms. The van der Waals surface area contributed by atoms with Gasteiger partial charge in [0.15, 0.2) is 5.82 Å². The summed E-state index contributed by atoms with van der Waals surface area (Å²) < 4.78 is 0. The van der Waals surface area contributed by atoms with Crippen molar-refractivity contribution in [3.63, 3.8) is 0 Å². The Kier molecular flexibility index (Phi) is 3.65. The van der Waals surface area contributed by atoms with Crippen molar-refractivity contribution >= 4 is 0 Å². The van der Waals surface area contributed by atoms with Gasteiger partial charge >= 0.3 is 0 Å². The number of aromatic amines is 1. The summed E-state index contributed by atoms with van der Waals surface area (Å²) in [4.78, 5) is 6.25. The minimum atomic E-state index is -0.376. The highest BCUT2D eigenvalue weighted by Gasteiger charge is 2.15. The first kappa shape index (κ1) is 10.5. The van der Waals surface area contributed by atoms with Crippen LogP contribution < -0.4 is 5.32 Å². The van der Waals surface area contributed by atoms with Gasteiger partial charge in [-0.3, -0.25) is 10.00 Å². The van der Waals surface area contributed by atoms with E-state index in [-0.39, 0.29) is 6.10 Å². The fourth-order valence-corrected chi connectivity index (χ4v) is 1.80. The maximum atomic E-state index is 9.82. The maximum absolute atomic E-state index is 9.82. The Hall–Kier alpha value is -0.980. The van der Waals surface area contributed by atoms with Gasteiger partial charge in [-0.05, 0) is 0 Å². The van der Waals surface area contributed by atoms with Crippen molar-refractivity contribution in [2.45, 2.75) is 12.5 Å². The summed E-state index contributed by atoms with van der Waals surface area (Å²) in [6.07, 6.45) is 1.68. The van der Waals surface area contributed by atoms with Crippen molar-refractivity contribution in [3.8, 4) is 0 Å². The number of nitrogens with one attached hydrogen (secondary N) is 2. The Morgan fingerprint density at radius 1 is 1.47 bits per heavy atom. The Balaban J connectivity index is 1.74. The lowest BCUT2D eigenvalue weighted by atomic mass is 10.2. The molecule has 1 saturated heterocycles. The average Bonchev–Trinajstić information content (AvgIpc) is 2.71. The molecule has 1 aromatic rings. The first-order valence-corrected chi connectivity index (χ1v) is 5.30. The van der Waals surface area contributed by atoms with E-state index in [1.165, 1.54) is 6.33 Å². The van der Waals surface area contributed by atoms with Gasteiger partial charge in [0.05, 0.1) is 6.10 Å². The second kappa shape index (κ2) is 5.20. The van der Waals surface area contributed by atoms with Crippen molar-refractivity contribution in [1.82, 2.24) is 25.4 Å². The number of hydrogen-bond donors (Lipinski definition) is 3. The molecule has 0 spiro atoms. The molecule has 0 aromatic carbocycles. The molecule has 84 valence electrons. The Morgan fingerprint density at radius 3 is 2.93 bits per heavy atom. The van der Waals surface area contributed by atoms with Crippen LogP contribution in [-0.2, 0) is 6.42 Å². The SMILES string of the molecule is OC(Cc1nc[nH]n1)CN1CCNCC1. The zero-order valence-corrected chi connectivity index (χ0v) is 8.69. The van der Waals surface area contributed by atoms with Crippen molar-refractivity contribution in [2.24, 2.45) is 0 Å². The van der Waals surface area contributed by atoms with Gasteiger partial charge in [-0.2, -0.15) is 5.10 Å². The van der Waals surface area contributed by atoms with Crippen molar-refractivity contribution in [1.29, 1.82) is 0 Å². The van der Waals surface area contributed by atoms with Crippen LogP contribution in [0.15, 0.2) is 6.33 Å². The van der Waals surface area contributed by atoms with Crippen LogP contribution in [0.5, 0.6) is 0 Å². The molecule has 0 saturated carbocycles. The summed E-state index contributed by atoms with van der Waals surface area (Å²) in [6.45, 7) is 4.73. The Labute approximate surface area is 88.7 Å². The largest absolute Gasteiger partial charge is 0.391 e. The van der Waals surface area contributed by atoms with E-state index in [4.69, 9.17) is 0 Å². The molecule has 0 bridgehead atoms. The predicted octanol–water partition coefficient (Wildman–Crippen LogP) is -1.39. The molecule has 1 aliphatic heterocycles. The lowest BCUT2D eigenvalue weighted by Gasteiger charge is -2.28. The van der Waals surface area contributed by atoms with Crippen LogP contribution in [0.4, 0.5) is 0 Å². The smallest absolute Gasteiger partial charge is 0.152 e. The van der Waals surface area contributed by atoms with Crippen LogP contribution in [0, 0.1) is 0 Å². The van der Waals surface area contributed by atoms with E-state index < -0.39 is 0 Å². The number of aliphatic hydroxyl groups excluding tert-OH is 1. The third-order valence-electron chi connectivity index (χ3n) is 2.56. The molecule has 0 radical (unpaired) electrons. The Morgan fingerprint density at radius 2 is 2.27 bits per heavy atom. The molecule has 1 aromatic heterocycles. The molecule has 3 N–H and O–H groups in total. The highest BCUT2D eigenvalue weighted by atomic mass is 16.3. The molecule has 6 heteroatoms. The van der Waals surface area contributed by atoms with Crippen LogP contribution in [-0.4, -0.2) is 64.0 Å². The minimum absolute atomic E-state index is 0.376. The van der Waals surface area contributed by atoms with E-state index in [1.54, 1.807) is 0 Å². The van der Waals surface area contributed by atoms with Gasteiger partial charge in [-0.15, -0.1) is 0 Å². The van der Waals surface area contributed by atoms with Crippen LogP contribution in [0.3, 0.4) is 0 Å². The standard InChI is InChI=1S/C9H17N5O/c15-8(5-9-11-7-12-13-9)6-14-3-1-10-2-4-14/h7-8,10,15H,1-6H2,(H,11,12,13). The van der Waals surface area contributed by atoms with Crippen molar-refractivity contribution in [3.05, 3.63) is 12.2 Å². The van der Waals surface area contributed by atoms with E-state index in [0.717, 1.165) is 26.2 Å². The molecular weight excluding hydrogens is 194 g/mol. The number of nitrogens with zero attached hydrogens (tertiary/aromatic N) is 3. The average molecular weight is 211 g/mol. The van der Waals surface area contributed by atoms with Crippen molar-refractivity contribution in [2.75, 3.05) is 32.7 Å². The summed E-state index contributed by atoms with van der Waals surface area (Å²) in [5.74, 6) is 0.678. The fraction of sp³-hybridized carbons (Fsp3) is 0.778. The van der Waals surface area contributed by atoms with Gasteiger partial charge in [0.1, 0.15) is 6.33 Å². The monoisotopic (exact) mass is 211 g/mol. The molecule has 1 fully saturated rings. The van der Waals surface area contributed by atoms with Gasteiger partial charge in [-0.1, -0.05) is 0 Å². The van der Waals surface area contributed by atoms with Gasteiger partial charge < -0.3 is 10.4 Å². The lowest BCUT2D eigenvalue weighted by Crippen LogP contribution is -2.46. The lowest BCUT2D eigenvalue weighted by molar-refractivity contribution is 0.104. The van der Waals surface area contributed by atoms with Crippen LogP contribution >= 0.6 is 0 Å². The molecule has 2 heterocycles. The first-order chi connectivity index (χ1) is 7.34. The van der Waals surface area contributed by atoms with Gasteiger partial charge in [0.25, 0.3) is 0 Å². The number of β-amino-alcohol motifs (C(OH)–C–C–N with tert-alkyl or cyclic N) is 1. The normalized spacial score (nSPS) is 20.3. The number of hydrogen-bond acceptors (Lipinski definition) is 5. The third-order valence-corrected chi connectivity index (χ3v) is 2.56. The zero-order chi connectivity index (χ0) is 10.5. The summed E-state index contributed by atoms with van der Waals surface area (Å²) >= 11 is 0. The summed E-state index contributed by atoms with van der Waals surface area (Å²) in [6, 6.07) is 0. The van der Waals surface area contributed by atoms with Gasteiger partial charge in [-0.25, -0.2) is 4.98 Å². The molecule has 2 rings (SSSR count). The molecule has 1 aliphatic rings. The van der Waals surface area contributed by atoms with E-state index in [0.29, 0.717) is 18.8 Å². The van der Waals surface area contributed by atoms with Gasteiger partial charge in [0.2, 0.25) is 0 Å². The Bertz CT molecular complexity index is 270. The molecule has 0 aliphatic carbocycles. The predicted molar refractivity (Wildman–Crippen MR) is 55.4 cm³/mol. The fourth-order valence-electron chi connectivity index (χ4n) is 1.80. The van der Waals surface area contributed by atoms with E-state index in [9.17, 15) is 5.11 Å². The summed E-state index contributed by atoms with van der Waals surface area (Å²) in [5, 5.41) is 19.7. The first-order valence-electron chi connectivity index (χ1n) is 5.30. The number of piperazine rings is 1. The van der Waals surface area contributed by atoms with Crippen LogP contribution in [0.25, 0.3) is 0 Å². The van der Waals surface area contributed by atoms with Crippen LogP contribution in [0.1, 0.15) is 5.82 Å². The highest BCUT2D eigenvalue weighted by molar-refractivity contribution is 4.84. The van der Waals surface area contributed by atoms with E-state index in [1.807, 2.05) is 0 Å². The number of aromatic nitrogens is 3. The molecule has 0 amide bonds. The second-order valence-corrected chi connectivity index (χ2v) is 3.82. The minimum Gasteiger partial charge on any atom is -0.391 e. The topological polar surface area (TPSA) is 77.1 Å². The molecule has 1 unspecified atom stereocenters. The van der Waals surface area contributed by atoms with Crippen LogP contribution in [0.2, 0.25) is 0 Å². The van der Waals surface area contributed by atoms with Gasteiger partial charge in [0, 0.05) is 39.1 Å². The molecule has 1 atom stereocenters. The zero-order valence-electron chi connectivity index (χ0n) is 8.69. The second-order valence-electron chi connectivity index (χ2n) is 3.82. The highest BCUT2D eigenvalue weighted by Crippen LogP contribution is 2.00. The quantitative estimate of drug-likeness (QED) is 0.572. The molecule has 6 nitrogen and oxygen atoms in total. The van der Waals surface area contributed by atoms with E-state index >= 15 is 0 Å². The van der Waals surface area contributed by atoms with E-state index in [2.05, 4.69) is 25.4 Å².